The molecule has 0 unspecified atom stereocenters. The van der Waals surface area contributed by atoms with Crippen molar-refractivity contribution in [1.82, 2.24) is 15.2 Å². The van der Waals surface area contributed by atoms with Gasteiger partial charge in [0.05, 0.1) is 18.8 Å². The molecule has 0 aliphatic heterocycles. The lowest BCUT2D eigenvalue weighted by atomic mass is 10.3. The Morgan fingerprint density at radius 3 is 2.68 bits per heavy atom. The normalized spacial score (nSPS) is 10.9. The number of aryl methyl sites for hydroxylation is 2. The number of anilines is 1. The van der Waals surface area contributed by atoms with E-state index >= 15 is 0 Å². The summed E-state index contributed by atoms with van der Waals surface area (Å²) >= 11 is 0. The average molecular weight is 264 g/mol. The summed E-state index contributed by atoms with van der Waals surface area (Å²) in [6, 6.07) is 3.51. The predicted molar refractivity (Wildman–Crippen MR) is 67.4 cm³/mol. The maximum atomic E-state index is 11.7. The quantitative estimate of drug-likeness (QED) is 0.877. The molecule has 0 aromatic carbocycles. The fourth-order valence-electron chi connectivity index (χ4n) is 1.67. The highest BCUT2D eigenvalue weighted by molar-refractivity contribution is 5.91. The SMILES string of the molecule is Cc1cc(CN(C)CC(=O)Nc2cc(C)on2)on1. The Balaban J connectivity index is 1.81. The predicted octanol–water partition coefficient (Wildman–Crippen LogP) is 1.35. The molecular weight excluding hydrogens is 248 g/mol. The summed E-state index contributed by atoms with van der Waals surface area (Å²) in [7, 11) is 1.82. The van der Waals surface area contributed by atoms with E-state index in [1.54, 1.807) is 13.0 Å². The van der Waals surface area contributed by atoms with Crippen molar-refractivity contribution in [3.8, 4) is 0 Å². The number of likely N-dealkylation sites (N-methyl/N-ethyl adjacent to an activating group) is 1. The van der Waals surface area contributed by atoms with Gasteiger partial charge in [0.15, 0.2) is 11.6 Å². The van der Waals surface area contributed by atoms with Crippen molar-refractivity contribution >= 4 is 11.7 Å². The van der Waals surface area contributed by atoms with Gasteiger partial charge in [-0.25, -0.2) is 0 Å². The number of nitrogens with zero attached hydrogens (tertiary/aromatic N) is 3. The summed E-state index contributed by atoms with van der Waals surface area (Å²) in [6.07, 6.45) is 0. The van der Waals surface area contributed by atoms with Crippen molar-refractivity contribution in [2.45, 2.75) is 20.4 Å². The highest BCUT2D eigenvalue weighted by atomic mass is 16.5. The molecule has 1 N–H and O–H groups in total. The number of hydrogen-bond donors (Lipinski definition) is 1. The lowest BCUT2D eigenvalue weighted by Gasteiger charge is -2.13. The zero-order chi connectivity index (χ0) is 13.8. The Bertz CT molecular complexity index is 561. The van der Waals surface area contributed by atoms with Crippen LogP contribution in [0, 0.1) is 13.8 Å². The van der Waals surface area contributed by atoms with E-state index in [0.717, 1.165) is 11.5 Å². The average Bonchev–Trinajstić information content (AvgIpc) is 2.87. The number of carbonyl (C=O) groups is 1. The molecule has 0 spiro atoms. The van der Waals surface area contributed by atoms with Crippen molar-refractivity contribution in [2.75, 3.05) is 18.9 Å². The van der Waals surface area contributed by atoms with E-state index in [0.29, 0.717) is 18.1 Å². The van der Waals surface area contributed by atoms with Crippen LogP contribution in [0.15, 0.2) is 21.2 Å². The van der Waals surface area contributed by atoms with Gasteiger partial charge in [0.25, 0.3) is 0 Å². The van der Waals surface area contributed by atoms with Gasteiger partial charge in [-0.3, -0.25) is 9.69 Å². The third kappa shape index (κ3) is 3.92. The second-order valence-corrected chi connectivity index (χ2v) is 4.48. The first-order valence-corrected chi connectivity index (χ1v) is 5.87. The second-order valence-electron chi connectivity index (χ2n) is 4.48. The summed E-state index contributed by atoms with van der Waals surface area (Å²) in [6.45, 7) is 4.37. The molecule has 0 aliphatic carbocycles. The van der Waals surface area contributed by atoms with E-state index in [9.17, 15) is 4.79 Å². The van der Waals surface area contributed by atoms with Gasteiger partial charge in [0, 0.05) is 12.1 Å². The standard InChI is InChI=1S/C12H16N4O3/c1-8-4-10(19-14-8)6-16(3)7-12(17)13-11-5-9(2)18-15-11/h4-5H,6-7H2,1-3H3,(H,13,15,17). The first kappa shape index (κ1) is 13.3. The van der Waals surface area contributed by atoms with Gasteiger partial charge in [-0.1, -0.05) is 10.3 Å². The van der Waals surface area contributed by atoms with Gasteiger partial charge in [0.1, 0.15) is 5.76 Å². The van der Waals surface area contributed by atoms with Gasteiger partial charge >= 0.3 is 0 Å². The van der Waals surface area contributed by atoms with Gasteiger partial charge < -0.3 is 14.4 Å². The minimum Gasteiger partial charge on any atom is -0.360 e. The zero-order valence-electron chi connectivity index (χ0n) is 11.1. The van der Waals surface area contributed by atoms with E-state index in [2.05, 4.69) is 15.6 Å². The maximum absolute atomic E-state index is 11.7. The van der Waals surface area contributed by atoms with Crippen LogP contribution < -0.4 is 5.32 Å². The summed E-state index contributed by atoms with van der Waals surface area (Å²) in [4.78, 5) is 13.6. The van der Waals surface area contributed by atoms with Crippen LogP contribution in [0.5, 0.6) is 0 Å². The molecule has 0 fully saturated rings. The molecule has 1 amide bonds. The number of aromatic nitrogens is 2. The Morgan fingerprint density at radius 2 is 2.11 bits per heavy atom. The van der Waals surface area contributed by atoms with Gasteiger partial charge in [-0.15, -0.1) is 0 Å². The van der Waals surface area contributed by atoms with E-state index in [1.807, 2.05) is 24.9 Å². The van der Waals surface area contributed by atoms with Crippen LogP contribution in [-0.4, -0.2) is 34.7 Å². The molecular formula is C12H16N4O3. The molecule has 0 bridgehead atoms. The Kier molecular flexibility index (Phi) is 3.96. The van der Waals surface area contributed by atoms with Crippen molar-refractivity contribution in [3.05, 3.63) is 29.3 Å². The van der Waals surface area contributed by atoms with Crippen molar-refractivity contribution in [1.29, 1.82) is 0 Å². The van der Waals surface area contributed by atoms with E-state index in [-0.39, 0.29) is 12.5 Å². The first-order valence-electron chi connectivity index (χ1n) is 5.87. The first-order chi connectivity index (χ1) is 9.02. The molecule has 19 heavy (non-hydrogen) atoms. The van der Waals surface area contributed by atoms with E-state index in [1.165, 1.54) is 0 Å². The summed E-state index contributed by atoms with van der Waals surface area (Å²) < 4.78 is 9.95. The van der Waals surface area contributed by atoms with Crippen LogP contribution in [0.3, 0.4) is 0 Å². The van der Waals surface area contributed by atoms with Crippen LogP contribution >= 0.6 is 0 Å². The monoisotopic (exact) mass is 264 g/mol. The molecule has 0 saturated carbocycles. The second kappa shape index (κ2) is 5.66. The van der Waals surface area contributed by atoms with Crippen molar-refractivity contribution in [3.63, 3.8) is 0 Å². The highest BCUT2D eigenvalue weighted by Crippen LogP contribution is 2.08. The molecule has 2 aromatic rings. The largest absolute Gasteiger partial charge is 0.360 e. The van der Waals surface area contributed by atoms with Crippen LogP contribution in [0.25, 0.3) is 0 Å². The summed E-state index contributed by atoms with van der Waals surface area (Å²) in [5.74, 6) is 1.64. The molecule has 2 rings (SSSR count). The van der Waals surface area contributed by atoms with E-state index in [4.69, 9.17) is 9.05 Å². The van der Waals surface area contributed by atoms with E-state index < -0.39 is 0 Å². The van der Waals surface area contributed by atoms with Gasteiger partial charge in [-0.2, -0.15) is 0 Å². The fraction of sp³-hybridized carbons (Fsp3) is 0.417. The lowest BCUT2D eigenvalue weighted by Crippen LogP contribution is -2.29. The minimum atomic E-state index is -0.160. The van der Waals surface area contributed by atoms with Crippen LogP contribution in [-0.2, 0) is 11.3 Å². The maximum Gasteiger partial charge on any atom is 0.239 e. The van der Waals surface area contributed by atoms with Crippen LogP contribution in [0.1, 0.15) is 17.2 Å². The van der Waals surface area contributed by atoms with Crippen molar-refractivity contribution in [2.24, 2.45) is 0 Å². The summed E-state index contributed by atoms with van der Waals surface area (Å²) in [5, 5.41) is 10.1. The Morgan fingerprint density at radius 1 is 1.32 bits per heavy atom. The lowest BCUT2D eigenvalue weighted by molar-refractivity contribution is -0.117. The zero-order valence-corrected chi connectivity index (χ0v) is 11.1. The smallest absolute Gasteiger partial charge is 0.239 e. The van der Waals surface area contributed by atoms with Gasteiger partial charge in [0.2, 0.25) is 5.91 Å². The highest BCUT2D eigenvalue weighted by Gasteiger charge is 2.11. The molecule has 0 saturated heterocycles. The molecule has 102 valence electrons. The van der Waals surface area contributed by atoms with Crippen LogP contribution in [0.4, 0.5) is 5.82 Å². The molecule has 0 radical (unpaired) electrons. The number of nitrogens with one attached hydrogen (secondary N) is 1. The molecule has 0 aliphatic rings. The van der Waals surface area contributed by atoms with Gasteiger partial charge in [-0.05, 0) is 20.9 Å². The molecule has 2 aromatic heterocycles. The third-order valence-electron chi connectivity index (χ3n) is 2.41. The number of rotatable bonds is 5. The van der Waals surface area contributed by atoms with Crippen molar-refractivity contribution < 1.29 is 13.8 Å². The molecule has 2 heterocycles. The number of hydrogen-bond acceptors (Lipinski definition) is 6. The Labute approximate surface area is 110 Å². The number of amides is 1. The topological polar surface area (TPSA) is 84.4 Å². The number of carbonyl (C=O) groups excluding carboxylic acids is 1. The fourth-order valence-corrected chi connectivity index (χ4v) is 1.67. The molecule has 0 atom stereocenters. The third-order valence-corrected chi connectivity index (χ3v) is 2.41. The Hall–Kier alpha value is -2.15. The molecule has 7 heteroatoms. The minimum absolute atomic E-state index is 0.160. The summed E-state index contributed by atoms with van der Waals surface area (Å²) in [5.41, 5.74) is 0.825. The van der Waals surface area contributed by atoms with Crippen LogP contribution in [0.2, 0.25) is 0 Å². The molecule has 7 nitrogen and oxygen atoms in total.